The summed E-state index contributed by atoms with van der Waals surface area (Å²) in [5.74, 6) is 0.266. The van der Waals surface area contributed by atoms with Crippen LogP contribution in [0, 0.1) is 20.8 Å². The molecule has 0 saturated carbocycles. The summed E-state index contributed by atoms with van der Waals surface area (Å²) in [6.45, 7) is 10.00. The molecular formula is C30H35BrN2O3. The molecule has 1 N–H and O–H groups in total. The largest absolute Gasteiger partial charge is 0.483 e. The first-order valence-corrected chi connectivity index (χ1v) is 13.0. The smallest absolute Gasteiger partial charge is 0.261 e. The molecule has 190 valence electrons. The van der Waals surface area contributed by atoms with E-state index in [0.29, 0.717) is 12.2 Å². The summed E-state index contributed by atoms with van der Waals surface area (Å²) in [7, 11) is 0. The normalized spacial score (nSPS) is 11.8. The molecule has 5 nitrogen and oxygen atoms in total. The number of carbonyl (C=O) groups excluding carboxylic acids is 2. The van der Waals surface area contributed by atoms with Crippen LogP contribution in [0.4, 0.5) is 0 Å². The van der Waals surface area contributed by atoms with Gasteiger partial charge >= 0.3 is 0 Å². The van der Waals surface area contributed by atoms with E-state index in [1.807, 2.05) is 95.3 Å². The van der Waals surface area contributed by atoms with Crippen molar-refractivity contribution in [1.82, 2.24) is 10.2 Å². The van der Waals surface area contributed by atoms with Crippen LogP contribution in [0.5, 0.6) is 5.75 Å². The van der Waals surface area contributed by atoms with Crippen LogP contribution in [0.25, 0.3) is 0 Å². The van der Waals surface area contributed by atoms with Crippen LogP contribution in [0.1, 0.15) is 41.7 Å². The molecule has 3 rings (SSSR count). The summed E-state index contributed by atoms with van der Waals surface area (Å²) in [5.41, 5.74) is 5.10. The predicted octanol–water partition coefficient (Wildman–Crippen LogP) is 5.92. The lowest BCUT2D eigenvalue weighted by Gasteiger charge is -2.32. The maximum Gasteiger partial charge on any atom is 0.261 e. The number of benzene rings is 3. The Balaban J connectivity index is 1.94. The molecule has 0 saturated heterocycles. The van der Waals surface area contributed by atoms with E-state index in [1.165, 1.54) is 0 Å². The highest BCUT2D eigenvalue weighted by molar-refractivity contribution is 9.10. The molecule has 0 fully saturated rings. The summed E-state index contributed by atoms with van der Waals surface area (Å²) in [5, 5.41) is 3.01. The number of aryl methyl sites for hydroxylation is 2. The second kappa shape index (κ2) is 12.7. The molecule has 3 aromatic rings. The lowest BCUT2D eigenvalue weighted by Crippen LogP contribution is -2.52. The van der Waals surface area contributed by atoms with Crippen molar-refractivity contribution in [2.24, 2.45) is 0 Å². The zero-order valence-corrected chi connectivity index (χ0v) is 23.3. The SMILES string of the molecule is Cc1cc(C)c(C)c(OCC(=O)N(Cc2cccc(Br)c2)C(Cc2ccccc2)C(=O)NC(C)C)c1. The van der Waals surface area contributed by atoms with Crippen LogP contribution < -0.4 is 10.1 Å². The van der Waals surface area contributed by atoms with Gasteiger partial charge in [-0.25, -0.2) is 0 Å². The van der Waals surface area contributed by atoms with Crippen molar-refractivity contribution in [2.45, 2.75) is 59.7 Å². The molecule has 0 aromatic heterocycles. The van der Waals surface area contributed by atoms with Gasteiger partial charge in [0.25, 0.3) is 5.91 Å². The minimum absolute atomic E-state index is 0.0484. The zero-order valence-electron chi connectivity index (χ0n) is 21.7. The fourth-order valence-electron chi connectivity index (χ4n) is 4.14. The van der Waals surface area contributed by atoms with Gasteiger partial charge in [-0.2, -0.15) is 0 Å². The summed E-state index contributed by atoms with van der Waals surface area (Å²) in [4.78, 5) is 28.8. The molecule has 0 aliphatic carbocycles. The second-order valence-electron chi connectivity index (χ2n) is 9.51. The standard InChI is InChI=1S/C30H35BrN2O3/c1-20(2)32-30(35)27(17-24-10-7-6-8-11-24)33(18-25-12-9-13-26(31)16-25)29(34)19-36-28-15-21(3)14-22(4)23(28)5/h6-16,20,27H,17-19H2,1-5H3,(H,32,35). The van der Waals surface area contributed by atoms with Crippen molar-refractivity contribution in [2.75, 3.05) is 6.61 Å². The molecule has 0 aliphatic rings. The monoisotopic (exact) mass is 550 g/mol. The first-order valence-electron chi connectivity index (χ1n) is 12.2. The number of amides is 2. The van der Waals surface area contributed by atoms with Gasteiger partial charge in [0.2, 0.25) is 5.91 Å². The van der Waals surface area contributed by atoms with Crippen molar-refractivity contribution >= 4 is 27.7 Å². The Kier molecular flexibility index (Phi) is 9.71. The maximum absolute atomic E-state index is 13.7. The Morgan fingerprint density at radius 2 is 1.64 bits per heavy atom. The molecule has 3 aromatic carbocycles. The van der Waals surface area contributed by atoms with Crippen LogP contribution in [0.3, 0.4) is 0 Å². The highest BCUT2D eigenvalue weighted by atomic mass is 79.9. The molecule has 0 aliphatic heterocycles. The van der Waals surface area contributed by atoms with Crippen molar-refractivity contribution in [3.63, 3.8) is 0 Å². The molecular weight excluding hydrogens is 516 g/mol. The third-order valence-corrected chi connectivity index (χ3v) is 6.55. The third kappa shape index (κ3) is 7.69. The maximum atomic E-state index is 13.7. The van der Waals surface area contributed by atoms with E-state index in [9.17, 15) is 9.59 Å². The number of nitrogens with one attached hydrogen (secondary N) is 1. The van der Waals surface area contributed by atoms with Crippen LogP contribution in [0.15, 0.2) is 71.2 Å². The first-order chi connectivity index (χ1) is 17.1. The van der Waals surface area contributed by atoms with Gasteiger partial charge in [-0.1, -0.05) is 64.5 Å². The molecule has 0 radical (unpaired) electrons. The Bertz CT molecular complexity index is 1190. The molecule has 0 heterocycles. The van der Waals surface area contributed by atoms with Crippen molar-refractivity contribution < 1.29 is 14.3 Å². The quantitative estimate of drug-likeness (QED) is 0.341. The minimum Gasteiger partial charge on any atom is -0.483 e. The second-order valence-corrected chi connectivity index (χ2v) is 10.4. The molecule has 2 amide bonds. The van der Waals surface area contributed by atoms with Crippen molar-refractivity contribution in [1.29, 1.82) is 0 Å². The van der Waals surface area contributed by atoms with E-state index >= 15 is 0 Å². The molecule has 1 atom stereocenters. The van der Waals surface area contributed by atoms with Crippen LogP contribution >= 0.6 is 15.9 Å². The van der Waals surface area contributed by atoms with Gasteiger partial charge in [0.1, 0.15) is 11.8 Å². The molecule has 36 heavy (non-hydrogen) atoms. The topological polar surface area (TPSA) is 58.6 Å². The number of rotatable bonds is 10. The molecule has 6 heteroatoms. The van der Waals surface area contributed by atoms with Crippen molar-refractivity contribution in [3.8, 4) is 5.75 Å². The van der Waals surface area contributed by atoms with E-state index in [-0.39, 0.29) is 31.0 Å². The zero-order chi connectivity index (χ0) is 26.2. The first kappa shape index (κ1) is 27.5. The van der Waals surface area contributed by atoms with Crippen LogP contribution in [-0.4, -0.2) is 35.4 Å². The van der Waals surface area contributed by atoms with Gasteiger partial charge < -0.3 is 15.0 Å². The van der Waals surface area contributed by atoms with E-state index in [4.69, 9.17) is 4.74 Å². The lowest BCUT2D eigenvalue weighted by atomic mass is 10.0. The van der Waals surface area contributed by atoms with Gasteiger partial charge in [0.05, 0.1) is 0 Å². The predicted molar refractivity (Wildman–Crippen MR) is 148 cm³/mol. The van der Waals surface area contributed by atoms with Crippen LogP contribution in [-0.2, 0) is 22.6 Å². The lowest BCUT2D eigenvalue weighted by molar-refractivity contribution is -0.143. The summed E-state index contributed by atoms with van der Waals surface area (Å²) in [6.07, 6.45) is 0.404. The third-order valence-electron chi connectivity index (χ3n) is 6.06. The fraction of sp³-hybridized carbons (Fsp3) is 0.333. The Hall–Kier alpha value is -3.12. The summed E-state index contributed by atoms with van der Waals surface area (Å²) < 4.78 is 6.95. The van der Waals surface area contributed by atoms with Crippen LogP contribution in [0.2, 0.25) is 0 Å². The summed E-state index contributed by atoms with van der Waals surface area (Å²) in [6, 6.07) is 20.9. The highest BCUT2D eigenvalue weighted by Crippen LogP contribution is 2.24. The van der Waals surface area contributed by atoms with E-state index < -0.39 is 6.04 Å². The van der Waals surface area contributed by atoms with Gasteiger partial charge in [0, 0.05) is 23.5 Å². The number of carbonyl (C=O) groups is 2. The number of halogens is 1. The number of ether oxygens (including phenoxy) is 1. The fourth-order valence-corrected chi connectivity index (χ4v) is 4.59. The summed E-state index contributed by atoms with van der Waals surface area (Å²) >= 11 is 3.52. The average molecular weight is 552 g/mol. The van der Waals surface area contributed by atoms with Gasteiger partial charge in [0.15, 0.2) is 6.61 Å². The van der Waals surface area contributed by atoms with Gasteiger partial charge in [-0.05, 0) is 80.6 Å². The van der Waals surface area contributed by atoms with Crippen molar-refractivity contribution in [3.05, 3.63) is 99.0 Å². The molecule has 1 unspecified atom stereocenters. The number of hydrogen-bond donors (Lipinski definition) is 1. The number of hydrogen-bond acceptors (Lipinski definition) is 3. The average Bonchev–Trinajstić information content (AvgIpc) is 2.82. The highest BCUT2D eigenvalue weighted by Gasteiger charge is 2.31. The molecule has 0 bridgehead atoms. The van der Waals surface area contributed by atoms with E-state index in [2.05, 4.69) is 27.3 Å². The van der Waals surface area contributed by atoms with E-state index in [0.717, 1.165) is 32.3 Å². The Morgan fingerprint density at radius 3 is 2.31 bits per heavy atom. The minimum atomic E-state index is -0.690. The Morgan fingerprint density at radius 1 is 0.944 bits per heavy atom. The number of nitrogens with zero attached hydrogens (tertiary/aromatic N) is 1. The van der Waals surface area contributed by atoms with Gasteiger partial charge in [-0.3, -0.25) is 9.59 Å². The van der Waals surface area contributed by atoms with E-state index in [1.54, 1.807) is 4.90 Å². The Labute approximate surface area is 223 Å². The van der Waals surface area contributed by atoms with Gasteiger partial charge in [-0.15, -0.1) is 0 Å². The molecule has 0 spiro atoms.